The molecule has 3 aromatic rings. The molecule has 0 bridgehead atoms. The van der Waals surface area contributed by atoms with Gasteiger partial charge in [-0.15, -0.1) is 0 Å². The number of amides is 1. The van der Waals surface area contributed by atoms with Gasteiger partial charge >= 0.3 is 0 Å². The standard InChI is InChI=1S/C18H19N3O2/c1-11-3-4-15-14(9-11)12(2)17(21-15)18(23)20-10-16(22)13-5-7-19-8-6-13/h3-9,16,21-22H,10H2,1-2H3,(H,20,23). The Morgan fingerprint density at radius 3 is 2.74 bits per heavy atom. The number of pyridine rings is 1. The van der Waals surface area contributed by atoms with E-state index in [-0.39, 0.29) is 12.5 Å². The third-order valence-corrected chi connectivity index (χ3v) is 3.99. The molecule has 1 amide bonds. The van der Waals surface area contributed by atoms with Crippen molar-refractivity contribution in [2.75, 3.05) is 6.54 Å². The highest BCUT2D eigenvalue weighted by atomic mass is 16.3. The summed E-state index contributed by atoms with van der Waals surface area (Å²) in [5.74, 6) is -0.218. The Kier molecular flexibility index (Phi) is 4.12. The molecule has 3 N–H and O–H groups in total. The molecule has 2 aromatic heterocycles. The maximum Gasteiger partial charge on any atom is 0.268 e. The van der Waals surface area contributed by atoms with E-state index in [1.54, 1.807) is 24.5 Å². The van der Waals surface area contributed by atoms with Gasteiger partial charge < -0.3 is 15.4 Å². The van der Waals surface area contributed by atoms with Crippen molar-refractivity contribution in [1.29, 1.82) is 0 Å². The molecule has 5 heteroatoms. The number of fused-ring (bicyclic) bond motifs is 1. The van der Waals surface area contributed by atoms with Crippen LogP contribution in [-0.2, 0) is 0 Å². The second-order valence-electron chi connectivity index (χ2n) is 5.68. The van der Waals surface area contributed by atoms with E-state index >= 15 is 0 Å². The number of carbonyl (C=O) groups excluding carboxylic acids is 1. The summed E-state index contributed by atoms with van der Waals surface area (Å²) < 4.78 is 0. The van der Waals surface area contributed by atoms with Crippen molar-refractivity contribution in [3.63, 3.8) is 0 Å². The molecule has 1 atom stereocenters. The molecule has 0 aliphatic heterocycles. The molecule has 0 saturated carbocycles. The third kappa shape index (κ3) is 3.10. The molecule has 0 aliphatic rings. The van der Waals surface area contributed by atoms with Gasteiger partial charge in [0.05, 0.1) is 6.10 Å². The molecule has 118 valence electrons. The lowest BCUT2D eigenvalue weighted by atomic mass is 10.1. The summed E-state index contributed by atoms with van der Waals surface area (Å²) in [6, 6.07) is 9.50. The number of aliphatic hydroxyl groups is 1. The summed E-state index contributed by atoms with van der Waals surface area (Å²) >= 11 is 0. The maximum absolute atomic E-state index is 12.4. The normalized spacial score (nSPS) is 12.3. The van der Waals surface area contributed by atoms with Crippen molar-refractivity contribution < 1.29 is 9.90 Å². The number of hydrogen-bond donors (Lipinski definition) is 3. The monoisotopic (exact) mass is 309 g/mol. The average molecular weight is 309 g/mol. The number of rotatable bonds is 4. The van der Waals surface area contributed by atoms with Crippen molar-refractivity contribution in [1.82, 2.24) is 15.3 Å². The van der Waals surface area contributed by atoms with Gasteiger partial charge in [-0.2, -0.15) is 0 Å². The van der Waals surface area contributed by atoms with E-state index in [4.69, 9.17) is 0 Å². The number of aromatic amines is 1. The van der Waals surface area contributed by atoms with Crippen molar-refractivity contribution >= 4 is 16.8 Å². The Bertz CT molecular complexity index is 840. The van der Waals surface area contributed by atoms with Gasteiger partial charge in [0.15, 0.2) is 0 Å². The zero-order valence-corrected chi connectivity index (χ0v) is 13.1. The number of nitrogens with one attached hydrogen (secondary N) is 2. The molecule has 1 aromatic carbocycles. The SMILES string of the molecule is Cc1ccc2[nH]c(C(=O)NCC(O)c3ccncc3)c(C)c2c1. The van der Waals surface area contributed by atoms with Gasteiger partial charge in [-0.3, -0.25) is 9.78 Å². The van der Waals surface area contributed by atoms with Crippen LogP contribution in [0, 0.1) is 13.8 Å². The van der Waals surface area contributed by atoms with Crippen LogP contribution in [0.2, 0.25) is 0 Å². The van der Waals surface area contributed by atoms with Gasteiger partial charge in [-0.1, -0.05) is 11.6 Å². The summed E-state index contributed by atoms with van der Waals surface area (Å²) in [7, 11) is 0. The van der Waals surface area contributed by atoms with Crippen LogP contribution in [0.3, 0.4) is 0 Å². The molecule has 0 aliphatic carbocycles. The first-order valence-corrected chi connectivity index (χ1v) is 7.51. The van der Waals surface area contributed by atoms with Gasteiger partial charge in [-0.25, -0.2) is 0 Å². The molecule has 0 saturated heterocycles. The van der Waals surface area contributed by atoms with Gasteiger partial charge in [0.2, 0.25) is 0 Å². The Labute approximate surface area is 134 Å². The fraction of sp³-hybridized carbons (Fsp3) is 0.222. The Morgan fingerprint density at radius 2 is 2.00 bits per heavy atom. The minimum Gasteiger partial charge on any atom is -0.387 e. The molecule has 1 unspecified atom stereocenters. The highest BCUT2D eigenvalue weighted by molar-refractivity contribution is 6.01. The summed E-state index contributed by atoms with van der Waals surface area (Å²) in [5.41, 5.74) is 4.27. The van der Waals surface area contributed by atoms with Crippen molar-refractivity contribution in [3.05, 3.63) is 65.1 Å². The first-order valence-electron chi connectivity index (χ1n) is 7.51. The highest BCUT2D eigenvalue weighted by Gasteiger charge is 2.16. The Balaban J connectivity index is 1.75. The van der Waals surface area contributed by atoms with Gasteiger partial charge in [-0.05, 0) is 49.2 Å². The molecule has 0 radical (unpaired) electrons. The van der Waals surface area contributed by atoms with Crippen LogP contribution >= 0.6 is 0 Å². The van der Waals surface area contributed by atoms with E-state index < -0.39 is 6.10 Å². The van der Waals surface area contributed by atoms with E-state index in [2.05, 4.69) is 21.4 Å². The molecular formula is C18H19N3O2. The first-order chi connectivity index (χ1) is 11.1. The predicted octanol–water partition coefficient (Wildman–Crippen LogP) is 2.64. The molecule has 0 spiro atoms. The lowest BCUT2D eigenvalue weighted by Gasteiger charge is -2.11. The van der Waals surface area contributed by atoms with Crippen LogP contribution in [-0.4, -0.2) is 27.5 Å². The highest BCUT2D eigenvalue weighted by Crippen LogP contribution is 2.23. The number of aryl methyl sites for hydroxylation is 2. The number of H-pyrrole nitrogens is 1. The second kappa shape index (κ2) is 6.22. The molecular weight excluding hydrogens is 290 g/mol. The van der Waals surface area contributed by atoms with E-state index in [0.29, 0.717) is 5.69 Å². The first kappa shape index (κ1) is 15.2. The third-order valence-electron chi connectivity index (χ3n) is 3.99. The quantitative estimate of drug-likeness (QED) is 0.693. The Hall–Kier alpha value is -2.66. The predicted molar refractivity (Wildman–Crippen MR) is 89.3 cm³/mol. The lowest BCUT2D eigenvalue weighted by molar-refractivity contribution is 0.0911. The molecule has 2 heterocycles. The molecule has 23 heavy (non-hydrogen) atoms. The number of nitrogens with zero attached hydrogens (tertiary/aromatic N) is 1. The fourth-order valence-electron chi connectivity index (χ4n) is 2.65. The molecule has 5 nitrogen and oxygen atoms in total. The van der Waals surface area contributed by atoms with E-state index in [1.165, 1.54) is 0 Å². The zero-order valence-electron chi connectivity index (χ0n) is 13.1. The minimum atomic E-state index is -0.756. The number of aromatic nitrogens is 2. The largest absolute Gasteiger partial charge is 0.387 e. The maximum atomic E-state index is 12.4. The van der Waals surface area contributed by atoms with Crippen LogP contribution in [0.1, 0.15) is 33.3 Å². The number of carbonyl (C=O) groups is 1. The second-order valence-corrected chi connectivity index (χ2v) is 5.68. The van der Waals surface area contributed by atoms with E-state index in [1.807, 2.05) is 26.0 Å². The van der Waals surface area contributed by atoms with Crippen LogP contribution in [0.25, 0.3) is 10.9 Å². The van der Waals surface area contributed by atoms with Crippen LogP contribution in [0.4, 0.5) is 0 Å². The summed E-state index contributed by atoms with van der Waals surface area (Å²) in [6.07, 6.45) is 2.48. The van der Waals surface area contributed by atoms with Gasteiger partial charge in [0.1, 0.15) is 5.69 Å². The lowest BCUT2D eigenvalue weighted by Crippen LogP contribution is -2.29. The van der Waals surface area contributed by atoms with Crippen LogP contribution in [0.5, 0.6) is 0 Å². The van der Waals surface area contributed by atoms with E-state index in [9.17, 15) is 9.90 Å². The number of aliphatic hydroxyl groups excluding tert-OH is 1. The number of benzene rings is 1. The summed E-state index contributed by atoms with van der Waals surface area (Å²) in [4.78, 5) is 19.5. The smallest absolute Gasteiger partial charge is 0.268 e. The van der Waals surface area contributed by atoms with Gasteiger partial charge in [0, 0.05) is 29.8 Å². The van der Waals surface area contributed by atoms with Crippen molar-refractivity contribution in [2.24, 2.45) is 0 Å². The zero-order chi connectivity index (χ0) is 16.4. The Morgan fingerprint density at radius 1 is 1.26 bits per heavy atom. The molecule has 0 fully saturated rings. The average Bonchev–Trinajstić information content (AvgIpc) is 2.90. The van der Waals surface area contributed by atoms with Crippen molar-refractivity contribution in [2.45, 2.75) is 20.0 Å². The molecule has 3 rings (SSSR count). The fourth-order valence-corrected chi connectivity index (χ4v) is 2.65. The van der Waals surface area contributed by atoms with Crippen LogP contribution < -0.4 is 5.32 Å². The summed E-state index contributed by atoms with van der Waals surface area (Å²) in [6.45, 7) is 4.10. The number of hydrogen-bond acceptors (Lipinski definition) is 3. The topological polar surface area (TPSA) is 78.0 Å². The summed E-state index contributed by atoms with van der Waals surface area (Å²) in [5, 5.41) is 13.9. The minimum absolute atomic E-state index is 0.149. The van der Waals surface area contributed by atoms with Gasteiger partial charge in [0.25, 0.3) is 5.91 Å². The van der Waals surface area contributed by atoms with Crippen LogP contribution in [0.15, 0.2) is 42.7 Å². The van der Waals surface area contributed by atoms with Crippen molar-refractivity contribution in [3.8, 4) is 0 Å². The van der Waals surface area contributed by atoms with E-state index in [0.717, 1.165) is 27.6 Å².